The summed E-state index contributed by atoms with van der Waals surface area (Å²) < 4.78 is 0. The van der Waals surface area contributed by atoms with Crippen LogP contribution in [0, 0.1) is 0 Å². The van der Waals surface area contributed by atoms with Crippen molar-refractivity contribution in [1.29, 1.82) is 0 Å². The summed E-state index contributed by atoms with van der Waals surface area (Å²) in [5, 5.41) is 18.5. The van der Waals surface area contributed by atoms with Gasteiger partial charge in [-0.05, 0) is 24.3 Å². The second kappa shape index (κ2) is 6.57. The maximum absolute atomic E-state index is 12.6. The normalized spacial score (nSPS) is 14.5. The number of hydrogen-bond donors (Lipinski definition) is 2. The minimum Gasteiger partial charge on any atom is -0.506 e. The van der Waals surface area contributed by atoms with Crippen LogP contribution in [0.2, 0.25) is 0 Å². The molecule has 1 aromatic carbocycles. The van der Waals surface area contributed by atoms with Crippen molar-refractivity contribution in [2.45, 2.75) is 0 Å². The number of aromatic nitrogens is 1. The molecule has 0 radical (unpaired) electrons. The monoisotopic (exact) mass is 327 g/mol. The number of aromatic hydroxyl groups is 1. The number of carbonyl (C=O) groups is 2. The standard InChI is InChI=1S/C17H17N3O4/c21-12-5-6-15(18-11-12)19-7-9-20(10-8-19)16(22)13-3-1-2-4-14(13)17(23)24/h1-6,11,21H,7-10H2,(H,23,24). The van der Waals surface area contributed by atoms with Crippen LogP contribution in [0.3, 0.4) is 0 Å². The molecule has 1 amide bonds. The van der Waals surface area contributed by atoms with Crippen molar-refractivity contribution < 1.29 is 19.8 Å². The molecule has 7 heteroatoms. The van der Waals surface area contributed by atoms with Gasteiger partial charge in [0.1, 0.15) is 11.6 Å². The molecule has 1 aliphatic heterocycles. The van der Waals surface area contributed by atoms with E-state index in [1.807, 2.05) is 4.90 Å². The molecule has 1 saturated heterocycles. The van der Waals surface area contributed by atoms with Gasteiger partial charge in [-0.3, -0.25) is 4.79 Å². The van der Waals surface area contributed by atoms with E-state index in [-0.39, 0.29) is 22.8 Å². The average molecular weight is 327 g/mol. The van der Waals surface area contributed by atoms with Crippen molar-refractivity contribution in [3.05, 3.63) is 53.7 Å². The van der Waals surface area contributed by atoms with E-state index in [9.17, 15) is 19.8 Å². The van der Waals surface area contributed by atoms with E-state index in [4.69, 9.17) is 0 Å². The summed E-state index contributed by atoms with van der Waals surface area (Å²) in [6.07, 6.45) is 1.38. The molecule has 0 saturated carbocycles. The fraction of sp³-hybridized carbons (Fsp3) is 0.235. The summed E-state index contributed by atoms with van der Waals surface area (Å²) in [5.74, 6) is -0.527. The number of carboxylic acid groups (broad SMARTS) is 1. The maximum atomic E-state index is 12.6. The van der Waals surface area contributed by atoms with Crippen molar-refractivity contribution in [2.75, 3.05) is 31.1 Å². The molecular weight excluding hydrogens is 310 g/mol. The van der Waals surface area contributed by atoms with Gasteiger partial charge >= 0.3 is 5.97 Å². The Bertz CT molecular complexity index is 753. The first-order valence-corrected chi connectivity index (χ1v) is 7.58. The minimum absolute atomic E-state index is 0.0186. The number of piperazine rings is 1. The first-order valence-electron chi connectivity index (χ1n) is 7.58. The lowest BCUT2D eigenvalue weighted by Gasteiger charge is -2.35. The van der Waals surface area contributed by atoms with Crippen LogP contribution in [0.25, 0.3) is 0 Å². The Morgan fingerprint density at radius 1 is 0.958 bits per heavy atom. The third-order valence-electron chi connectivity index (χ3n) is 4.01. The van der Waals surface area contributed by atoms with E-state index >= 15 is 0 Å². The van der Waals surface area contributed by atoms with Gasteiger partial charge in [0.25, 0.3) is 5.91 Å². The first kappa shape index (κ1) is 15.8. The number of amides is 1. The highest BCUT2D eigenvalue weighted by Crippen LogP contribution is 2.18. The van der Waals surface area contributed by atoms with Crippen LogP contribution in [-0.4, -0.2) is 58.2 Å². The van der Waals surface area contributed by atoms with Gasteiger partial charge in [-0.15, -0.1) is 0 Å². The van der Waals surface area contributed by atoms with E-state index < -0.39 is 5.97 Å². The van der Waals surface area contributed by atoms with Gasteiger partial charge in [0.15, 0.2) is 0 Å². The maximum Gasteiger partial charge on any atom is 0.336 e. The molecule has 24 heavy (non-hydrogen) atoms. The van der Waals surface area contributed by atoms with Crippen LogP contribution in [0.15, 0.2) is 42.6 Å². The SMILES string of the molecule is O=C(O)c1ccccc1C(=O)N1CCN(c2ccc(O)cn2)CC1. The molecule has 0 spiro atoms. The molecule has 7 nitrogen and oxygen atoms in total. The summed E-state index contributed by atoms with van der Waals surface area (Å²) in [6, 6.07) is 9.55. The molecule has 2 N–H and O–H groups in total. The number of benzene rings is 1. The molecule has 1 aliphatic rings. The van der Waals surface area contributed by atoms with E-state index in [0.29, 0.717) is 26.2 Å². The zero-order valence-electron chi connectivity index (χ0n) is 12.9. The predicted octanol–water partition coefficient (Wildman–Crippen LogP) is 1.45. The van der Waals surface area contributed by atoms with Crippen molar-refractivity contribution in [3.63, 3.8) is 0 Å². The van der Waals surface area contributed by atoms with Crippen LogP contribution in [-0.2, 0) is 0 Å². The Morgan fingerprint density at radius 3 is 2.21 bits per heavy atom. The smallest absolute Gasteiger partial charge is 0.336 e. The highest BCUT2D eigenvalue weighted by Gasteiger charge is 2.25. The molecule has 0 unspecified atom stereocenters. The number of pyridine rings is 1. The summed E-state index contributed by atoms with van der Waals surface area (Å²) >= 11 is 0. The highest BCUT2D eigenvalue weighted by molar-refractivity contribution is 6.04. The first-order chi connectivity index (χ1) is 11.6. The second-order valence-electron chi connectivity index (χ2n) is 5.50. The van der Waals surface area contributed by atoms with Gasteiger partial charge in [-0.2, -0.15) is 0 Å². The summed E-state index contributed by atoms with van der Waals surface area (Å²) in [4.78, 5) is 31.7. The topological polar surface area (TPSA) is 94.0 Å². The van der Waals surface area contributed by atoms with Gasteiger partial charge in [-0.1, -0.05) is 12.1 Å². The second-order valence-corrected chi connectivity index (χ2v) is 5.50. The number of carboxylic acids is 1. The lowest BCUT2D eigenvalue weighted by atomic mass is 10.1. The van der Waals surface area contributed by atoms with Crippen molar-refractivity contribution >= 4 is 17.7 Å². The zero-order chi connectivity index (χ0) is 17.1. The molecule has 2 aromatic rings. The van der Waals surface area contributed by atoms with Crippen LogP contribution >= 0.6 is 0 Å². The highest BCUT2D eigenvalue weighted by atomic mass is 16.4. The summed E-state index contributed by atoms with van der Waals surface area (Å²) in [6.45, 7) is 2.15. The minimum atomic E-state index is -1.11. The van der Waals surface area contributed by atoms with E-state index in [2.05, 4.69) is 4.98 Å². The molecule has 124 valence electrons. The average Bonchev–Trinajstić information content (AvgIpc) is 2.62. The molecule has 0 atom stereocenters. The Hall–Kier alpha value is -3.09. The molecule has 1 fully saturated rings. The fourth-order valence-corrected chi connectivity index (χ4v) is 2.73. The molecule has 2 heterocycles. The Labute approximate surface area is 138 Å². The third kappa shape index (κ3) is 3.15. The van der Waals surface area contributed by atoms with Crippen molar-refractivity contribution in [2.24, 2.45) is 0 Å². The number of anilines is 1. The fourth-order valence-electron chi connectivity index (χ4n) is 2.73. The van der Waals surface area contributed by atoms with Crippen molar-refractivity contribution in [1.82, 2.24) is 9.88 Å². The van der Waals surface area contributed by atoms with Gasteiger partial charge in [-0.25, -0.2) is 9.78 Å². The number of aromatic carboxylic acids is 1. The van der Waals surface area contributed by atoms with Crippen LogP contribution in [0.1, 0.15) is 20.7 Å². The van der Waals surface area contributed by atoms with Crippen molar-refractivity contribution in [3.8, 4) is 5.75 Å². The third-order valence-corrected chi connectivity index (χ3v) is 4.01. The van der Waals surface area contributed by atoms with Crippen LogP contribution < -0.4 is 4.90 Å². The Kier molecular flexibility index (Phi) is 4.33. The molecule has 0 bridgehead atoms. The van der Waals surface area contributed by atoms with Crippen LogP contribution in [0.4, 0.5) is 5.82 Å². The Morgan fingerprint density at radius 2 is 1.62 bits per heavy atom. The van der Waals surface area contributed by atoms with Gasteiger partial charge in [0.2, 0.25) is 0 Å². The zero-order valence-corrected chi connectivity index (χ0v) is 12.9. The number of nitrogens with zero attached hydrogens (tertiary/aromatic N) is 3. The van der Waals surface area contributed by atoms with Gasteiger partial charge in [0.05, 0.1) is 17.3 Å². The molecule has 3 rings (SSSR count). The van der Waals surface area contributed by atoms with Gasteiger partial charge < -0.3 is 20.0 Å². The molecular formula is C17H17N3O4. The van der Waals surface area contributed by atoms with E-state index in [1.54, 1.807) is 35.2 Å². The molecule has 1 aromatic heterocycles. The lowest BCUT2D eigenvalue weighted by Crippen LogP contribution is -2.49. The largest absolute Gasteiger partial charge is 0.506 e. The number of hydrogen-bond acceptors (Lipinski definition) is 5. The van der Waals surface area contributed by atoms with Gasteiger partial charge in [0, 0.05) is 26.2 Å². The summed E-state index contributed by atoms with van der Waals surface area (Å²) in [7, 11) is 0. The lowest BCUT2D eigenvalue weighted by molar-refractivity contribution is 0.0673. The number of rotatable bonds is 3. The van der Waals surface area contributed by atoms with Crippen LogP contribution in [0.5, 0.6) is 5.75 Å². The predicted molar refractivity (Wildman–Crippen MR) is 87.4 cm³/mol. The summed E-state index contributed by atoms with van der Waals surface area (Å²) in [5.41, 5.74) is 0.228. The molecule has 0 aliphatic carbocycles. The van der Waals surface area contributed by atoms with E-state index in [0.717, 1.165) is 5.82 Å². The number of carbonyl (C=O) groups excluding carboxylic acids is 1. The quantitative estimate of drug-likeness (QED) is 0.886. The van der Waals surface area contributed by atoms with E-state index in [1.165, 1.54) is 12.3 Å². The Balaban J connectivity index is 1.69.